The van der Waals surface area contributed by atoms with Gasteiger partial charge in [0.05, 0.1) is 16.1 Å². The third-order valence-electron chi connectivity index (χ3n) is 6.49. The zero-order chi connectivity index (χ0) is 28.3. The molecule has 0 fully saturated rings. The maximum atomic E-state index is 13.3. The standard InChI is InChI=1S/C30H25BrN4O4S/c1-35(27(29(36)37)18-20-8-4-2-5-9-20)40(38,39)24-15-13-23(14-16-24)32-30-33-26-17-12-22(31)19-25(26)28(34-30)21-10-6-3-7-11-21/h2-17,19,27H,18H2,1H3,(H,36,37)(H,32,33,34). The summed E-state index contributed by atoms with van der Waals surface area (Å²) in [5, 5.41) is 13.8. The van der Waals surface area contributed by atoms with E-state index in [9.17, 15) is 18.3 Å². The van der Waals surface area contributed by atoms with Gasteiger partial charge in [0.25, 0.3) is 0 Å². The van der Waals surface area contributed by atoms with E-state index < -0.39 is 22.0 Å². The van der Waals surface area contributed by atoms with E-state index in [-0.39, 0.29) is 11.3 Å². The largest absolute Gasteiger partial charge is 0.480 e. The summed E-state index contributed by atoms with van der Waals surface area (Å²) in [7, 11) is -2.79. The number of sulfonamides is 1. The van der Waals surface area contributed by atoms with Gasteiger partial charge in [0.15, 0.2) is 0 Å². The van der Waals surface area contributed by atoms with Gasteiger partial charge in [-0.05, 0) is 54.4 Å². The molecular weight excluding hydrogens is 592 g/mol. The lowest BCUT2D eigenvalue weighted by Gasteiger charge is -2.24. The van der Waals surface area contributed by atoms with E-state index in [0.717, 1.165) is 36.5 Å². The molecular formula is C30H25BrN4O4S. The van der Waals surface area contributed by atoms with Crippen molar-refractivity contribution in [1.29, 1.82) is 0 Å². The fourth-order valence-corrected chi connectivity index (χ4v) is 6.03. The summed E-state index contributed by atoms with van der Waals surface area (Å²) < 4.78 is 28.5. The zero-order valence-electron chi connectivity index (χ0n) is 21.4. The molecule has 202 valence electrons. The van der Waals surface area contributed by atoms with Crippen LogP contribution in [0.25, 0.3) is 22.2 Å². The van der Waals surface area contributed by atoms with Crippen LogP contribution in [0.15, 0.2) is 112 Å². The first-order chi connectivity index (χ1) is 19.2. The van der Waals surface area contributed by atoms with Crippen LogP contribution < -0.4 is 5.32 Å². The van der Waals surface area contributed by atoms with Crippen molar-refractivity contribution in [3.8, 4) is 11.3 Å². The Morgan fingerprint density at radius 1 is 0.925 bits per heavy atom. The van der Waals surface area contributed by atoms with Crippen molar-refractivity contribution in [3.05, 3.63) is 113 Å². The van der Waals surface area contributed by atoms with Gasteiger partial charge in [-0.2, -0.15) is 4.31 Å². The molecule has 1 aromatic heterocycles. The van der Waals surface area contributed by atoms with Crippen molar-refractivity contribution in [2.24, 2.45) is 0 Å². The van der Waals surface area contributed by atoms with Gasteiger partial charge < -0.3 is 10.4 Å². The highest BCUT2D eigenvalue weighted by Crippen LogP contribution is 2.30. The number of rotatable bonds is 9. The van der Waals surface area contributed by atoms with Gasteiger partial charge in [-0.15, -0.1) is 0 Å². The molecule has 40 heavy (non-hydrogen) atoms. The van der Waals surface area contributed by atoms with Crippen LogP contribution in [0.4, 0.5) is 11.6 Å². The first-order valence-electron chi connectivity index (χ1n) is 12.4. The lowest BCUT2D eigenvalue weighted by Crippen LogP contribution is -2.43. The minimum absolute atomic E-state index is 0.0193. The van der Waals surface area contributed by atoms with Gasteiger partial charge in [-0.25, -0.2) is 18.4 Å². The van der Waals surface area contributed by atoms with Crippen LogP contribution in [0.5, 0.6) is 0 Å². The molecule has 0 radical (unpaired) electrons. The van der Waals surface area contributed by atoms with E-state index in [1.54, 1.807) is 36.4 Å². The van der Waals surface area contributed by atoms with E-state index in [1.165, 1.54) is 19.2 Å². The summed E-state index contributed by atoms with van der Waals surface area (Å²) in [6.45, 7) is 0. The van der Waals surface area contributed by atoms with Crippen molar-refractivity contribution in [2.75, 3.05) is 12.4 Å². The summed E-state index contributed by atoms with van der Waals surface area (Å²) >= 11 is 3.52. The number of aromatic nitrogens is 2. The number of nitrogens with zero attached hydrogens (tertiary/aromatic N) is 3. The van der Waals surface area contributed by atoms with Crippen LogP contribution in [0.2, 0.25) is 0 Å². The molecule has 1 atom stereocenters. The molecule has 1 unspecified atom stereocenters. The molecule has 0 saturated carbocycles. The Balaban J connectivity index is 1.41. The number of likely N-dealkylation sites (N-methyl/N-ethyl adjacent to an activating group) is 1. The average Bonchev–Trinajstić information content (AvgIpc) is 2.96. The molecule has 10 heteroatoms. The molecule has 0 bridgehead atoms. The van der Waals surface area contributed by atoms with E-state index >= 15 is 0 Å². The van der Waals surface area contributed by atoms with E-state index in [2.05, 4.69) is 26.2 Å². The Hall–Kier alpha value is -4.12. The van der Waals surface area contributed by atoms with Gasteiger partial charge in [0.2, 0.25) is 16.0 Å². The van der Waals surface area contributed by atoms with Gasteiger partial charge in [-0.3, -0.25) is 4.79 Å². The second-order valence-corrected chi connectivity index (χ2v) is 12.1. The van der Waals surface area contributed by atoms with E-state index in [0.29, 0.717) is 11.6 Å². The predicted molar refractivity (Wildman–Crippen MR) is 159 cm³/mol. The van der Waals surface area contributed by atoms with Crippen LogP contribution in [0.3, 0.4) is 0 Å². The summed E-state index contributed by atoms with van der Waals surface area (Å²) in [4.78, 5) is 21.4. The number of hydrogen-bond acceptors (Lipinski definition) is 6. The zero-order valence-corrected chi connectivity index (χ0v) is 23.8. The molecule has 0 aliphatic carbocycles. The topological polar surface area (TPSA) is 112 Å². The summed E-state index contributed by atoms with van der Waals surface area (Å²) in [6, 6.07) is 29.3. The van der Waals surface area contributed by atoms with Gasteiger partial charge in [-0.1, -0.05) is 76.6 Å². The molecule has 0 amide bonds. The minimum atomic E-state index is -4.08. The number of carboxylic acids is 1. The first-order valence-corrected chi connectivity index (χ1v) is 14.6. The Morgan fingerprint density at radius 3 is 2.23 bits per heavy atom. The molecule has 2 N–H and O–H groups in total. The molecule has 8 nitrogen and oxygen atoms in total. The monoisotopic (exact) mass is 616 g/mol. The van der Waals surface area contributed by atoms with Crippen molar-refractivity contribution in [3.63, 3.8) is 0 Å². The van der Waals surface area contributed by atoms with Crippen molar-refractivity contribution < 1.29 is 18.3 Å². The average molecular weight is 618 g/mol. The Bertz CT molecular complexity index is 1770. The molecule has 0 saturated heterocycles. The summed E-state index contributed by atoms with van der Waals surface area (Å²) in [5.74, 6) is -0.863. The minimum Gasteiger partial charge on any atom is -0.480 e. The van der Waals surface area contributed by atoms with Crippen LogP contribution in [0, 0.1) is 0 Å². The lowest BCUT2D eigenvalue weighted by atomic mass is 10.1. The number of carboxylic acid groups (broad SMARTS) is 1. The fraction of sp³-hybridized carbons (Fsp3) is 0.100. The van der Waals surface area contributed by atoms with Crippen LogP contribution >= 0.6 is 15.9 Å². The molecule has 0 aliphatic heterocycles. The normalized spacial score (nSPS) is 12.4. The molecule has 5 rings (SSSR count). The van der Waals surface area contributed by atoms with E-state index in [1.807, 2.05) is 54.6 Å². The number of carbonyl (C=O) groups is 1. The maximum absolute atomic E-state index is 13.3. The van der Waals surface area contributed by atoms with Crippen molar-refractivity contribution in [1.82, 2.24) is 14.3 Å². The number of anilines is 2. The summed E-state index contributed by atoms with van der Waals surface area (Å²) in [6.07, 6.45) is 0.0468. The van der Waals surface area contributed by atoms with Crippen LogP contribution in [-0.4, -0.2) is 46.9 Å². The SMILES string of the molecule is CN(C(Cc1ccccc1)C(=O)O)S(=O)(=O)c1ccc(Nc2nc(-c3ccccc3)c3cc(Br)ccc3n2)cc1. The third kappa shape index (κ3) is 5.89. The number of halogens is 1. The summed E-state index contributed by atoms with van der Waals surface area (Å²) in [5.41, 5.74) is 3.75. The quantitative estimate of drug-likeness (QED) is 0.205. The molecule has 5 aromatic rings. The second kappa shape index (κ2) is 11.5. The first kappa shape index (κ1) is 27.4. The van der Waals surface area contributed by atoms with Gasteiger partial charge in [0.1, 0.15) is 6.04 Å². The maximum Gasteiger partial charge on any atom is 0.322 e. The molecule has 4 aromatic carbocycles. The number of nitrogens with one attached hydrogen (secondary N) is 1. The predicted octanol–water partition coefficient (Wildman–Crippen LogP) is 6.12. The van der Waals surface area contributed by atoms with E-state index in [4.69, 9.17) is 4.98 Å². The van der Waals surface area contributed by atoms with Crippen molar-refractivity contribution in [2.45, 2.75) is 17.4 Å². The number of aliphatic carboxylic acids is 1. The highest BCUT2D eigenvalue weighted by molar-refractivity contribution is 9.10. The Morgan fingerprint density at radius 2 is 1.57 bits per heavy atom. The number of hydrogen-bond donors (Lipinski definition) is 2. The number of fused-ring (bicyclic) bond motifs is 1. The van der Waals surface area contributed by atoms with Crippen LogP contribution in [-0.2, 0) is 21.2 Å². The van der Waals surface area contributed by atoms with Crippen molar-refractivity contribution >= 4 is 54.5 Å². The molecule has 0 spiro atoms. The van der Waals surface area contributed by atoms with Crippen LogP contribution in [0.1, 0.15) is 5.56 Å². The molecule has 1 heterocycles. The smallest absolute Gasteiger partial charge is 0.322 e. The highest BCUT2D eigenvalue weighted by atomic mass is 79.9. The van der Waals surface area contributed by atoms with Gasteiger partial charge in [0, 0.05) is 28.2 Å². The molecule has 0 aliphatic rings. The number of benzene rings is 4. The Labute approximate surface area is 240 Å². The second-order valence-electron chi connectivity index (χ2n) is 9.14. The highest BCUT2D eigenvalue weighted by Gasteiger charge is 2.33. The third-order valence-corrected chi connectivity index (χ3v) is 8.86. The fourth-order valence-electron chi connectivity index (χ4n) is 4.35. The Kier molecular flexibility index (Phi) is 7.92. The van der Waals surface area contributed by atoms with Gasteiger partial charge >= 0.3 is 5.97 Å². The lowest BCUT2D eigenvalue weighted by molar-refractivity contribution is -0.141.